The fourth-order valence-corrected chi connectivity index (χ4v) is 2.74. The SMILES string of the molecule is CCOc1cc(N[C@@H]2CCC(=O)N[C@H]2c2cncn2C)ncn1. The van der Waals surface area contributed by atoms with E-state index in [2.05, 4.69) is 25.6 Å². The molecule has 122 valence electrons. The van der Waals surface area contributed by atoms with Crippen LogP contribution < -0.4 is 15.4 Å². The van der Waals surface area contributed by atoms with E-state index in [1.807, 2.05) is 18.5 Å². The lowest BCUT2D eigenvalue weighted by molar-refractivity contribution is -0.123. The van der Waals surface area contributed by atoms with Gasteiger partial charge in [0.25, 0.3) is 0 Å². The van der Waals surface area contributed by atoms with Crippen LogP contribution in [0.1, 0.15) is 31.5 Å². The molecule has 0 aliphatic carbocycles. The van der Waals surface area contributed by atoms with Crippen molar-refractivity contribution in [2.45, 2.75) is 31.8 Å². The number of nitrogens with one attached hydrogen (secondary N) is 2. The molecule has 1 aliphatic heterocycles. The molecule has 1 amide bonds. The number of nitrogens with zero attached hydrogens (tertiary/aromatic N) is 4. The fraction of sp³-hybridized carbons (Fsp3) is 0.467. The van der Waals surface area contributed by atoms with E-state index in [0.29, 0.717) is 24.7 Å². The van der Waals surface area contributed by atoms with Crippen LogP contribution >= 0.6 is 0 Å². The van der Waals surface area contributed by atoms with E-state index < -0.39 is 0 Å². The second kappa shape index (κ2) is 6.64. The van der Waals surface area contributed by atoms with Crippen LogP contribution in [0, 0.1) is 0 Å². The molecular weight excluding hydrogens is 296 g/mol. The highest BCUT2D eigenvalue weighted by atomic mass is 16.5. The first-order valence-electron chi connectivity index (χ1n) is 7.64. The van der Waals surface area contributed by atoms with Gasteiger partial charge in [-0.2, -0.15) is 0 Å². The molecule has 0 bridgehead atoms. The van der Waals surface area contributed by atoms with Gasteiger partial charge in [0.15, 0.2) is 0 Å². The van der Waals surface area contributed by atoms with Gasteiger partial charge in [-0.05, 0) is 13.3 Å². The Labute approximate surface area is 134 Å². The number of aromatic nitrogens is 4. The third kappa shape index (κ3) is 3.41. The molecule has 0 aromatic carbocycles. The van der Waals surface area contributed by atoms with Gasteiger partial charge in [0, 0.05) is 19.5 Å². The zero-order valence-corrected chi connectivity index (χ0v) is 13.2. The molecule has 1 saturated heterocycles. The van der Waals surface area contributed by atoms with Crippen molar-refractivity contribution >= 4 is 11.7 Å². The maximum absolute atomic E-state index is 11.8. The molecule has 1 fully saturated rings. The largest absolute Gasteiger partial charge is 0.478 e. The van der Waals surface area contributed by atoms with Gasteiger partial charge in [0.05, 0.1) is 36.9 Å². The van der Waals surface area contributed by atoms with Crippen LogP contribution in [0.3, 0.4) is 0 Å². The molecule has 2 aromatic heterocycles. The summed E-state index contributed by atoms with van der Waals surface area (Å²) in [5, 5.41) is 6.41. The summed E-state index contributed by atoms with van der Waals surface area (Å²) in [5.74, 6) is 1.26. The molecule has 23 heavy (non-hydrogen) atoms. The Kier molecular flexibility index (Phi) is 4.40. The third-order valence-corrected chi connectivity index (χ3v) is 3.84. The Bertz CT molecular complexity index is 686. The summed E-state index contributed by atoms with van der Waals surface area (Å²) >= 11 is 0. The lowest BCUT2D eigenvalue weighted by Crippen LogP contribution is -2.45. The van der Waals surface area contributed by atoms with Crippen LogP contribution in [0.25, 0.3) is 0 Å². The minimum absolute atomic E-state index is 0.0208. The quantitative estimate of drug-likeness (QED) is 0.856. The highest BCUT2D eigenvalue weighted by Gasteiger charge is 2.31. The monoisotopic (exact) mass is 316 g/mol. The highest BCUT2D eigenvalue weighted by Crippen LogP contribution is 2.26. The number of ether oxygens (including phenoxy) is 1. The average Bonchev–Trinajstić information content (AvgIpc) is 2.96. The van der Waals surface area contributed by atoms with E-state index in [-0.39, 0.29) is 18.0 Å². The van der Waals surface area contributed by atoms with Crippen molar-refractivity contribution in [3.63, 3.8) is 0 Å². The van der Waals surface area contributed by atoms with Crippen LogP contribution in [0.15, 0.2) is 24.9 Å². The van der Waals surface area contributed by atoms with Gasteiger partial charge in [-0.15, -0.1) is 0 Å². The van der Waals surface area contributed by atoms with E-state index in [1.165, 1.54) is 6.33 Å². The average molecular weight is 316 g/mol. The Hall–Kier alpha value is -2.64. The van der Waals surface area contributed by atoms with Crippen molar-refractivity contribution in [3.05, 3.63) is 30.6 Å². The van der Waals surface area contributed by atoms with Crippen LogP contribution in [0.5, 0.6) is 5.88 Å². The minimum atomic E-state index is -0.158. The van der Waals surface area contributed by atoms with Gasteiger partial charge in [-0.3, -0.25) is 4.79 Å². The summed E-state index contributed by atoms with van der Waals surface area (Å²) in [7, 11) is 1.91. The van der Waals surface area contributed by atoms with E-state index in [0.717, 1.165) is 12.1 Å². The Balaban J connectivity index is 1.80. The second-order valence-electron chi connectivity index (χ2n) is 5.44. The molecule has 0 radical (unpaired) electrons. The summed E-state index contributed by atoms with van der Waals surface area (Å²) in [6, 6.07) is 1.63. The normalized spacial score (nSPS) is 20.9. The number of carbonyl (C=O) groups excluding carboxylic acids is 1. The van der Waals surface area contributed by atoms with E-state index in [9.17, 15) is 4.79 Å². The van der Waals surface area contributed by atoms with Crippen molar-refractivity contribution in [1.82, 2.24) is 24.8 Å². The zero-order chi connectivity index (χ0) is 16.2. The first-order valence-corrected chi connectivity index (χ1v) is 7.64. The molecule has 0 unspecified atom stereocenters. The van der Waals surface area contributed by atoms with Crippen molar-refractivity contribution in [3.8, 4) is 5.88 Å². The smallest absolute Gasteiger partial charge is 0.220 e. The summed E-state index contributed by atoms with van der Waals surface area (Å²) in [5.41, 5.74) is 0.953. The van der Waals surface area contributed by atoms with Crippen molar-refractivity contribution < 1.29 is 9.53 Å². The maximum Gasteiger partial charge on any atom is 0.220 e. The van der Waals surface area contributed by atoms with E-state index >= 15 is 0 Å². The number of rotatable bonds is 5. The molecule has 3 rings (SSSR count). The summed E-state index contributed by atoms with van der Waals surface area (Å²) < 4.78 is 7.31. The van der Waals surface area contributed by atoms with Gasteiger partial charge < -0.3 is 19.9 Å². The van der Waals surface area contributed by atoms with Crippen molar-refractivity contribution in [2.75, 3.05) is 11.9 Å². The van der Waals surface area contributed by atoms with Crippen LogP contribution in [-0.2, 0) is 11.8 Å². The highest BCUT2D eigenvalue weighted by molar-refractivity contribution is 5.77. The maximum atomic E-state index is 11.8. The van der Waals surface area contributed by atoms with E-state index in [1.54, 1.807) is 18.6 Å². The first-order chi connectivity index (χ1) is 11.2. The summed E-state index contributed by atoms with van der Waals surface area (Å²) in [6.45, 7) is 2.46. The number of piperidine rings is 1. The number of carbonyl (C=O) groups is 1. The zero-order valence-electron chi connectivity index (χ0n) is 13.2. The van der Waals surface area contributed by atoms with Gasteiger partial charge in [0.1, 0.15) is 12.1 Å². The number of hydrogen-bond donors (Lipinski definition) is 2. The summed E-state index contributed by atoms with van der Waals surface area (Å²) in [4.78, 5) is 24.2. The molecule has 3 heterocycles. The van der Waals surface area contributed by atoms with Crippen molar-refractivity contribution in [2.24, 2.45) is 7.05 Å². The van der Waals surface area contributed by atoms with Gasteiger partial charge in [-0.25, -0.2) is 15.0 Å². The number of aryl methyl sites for hydroxylation is 1. The number of anilines is 1. The molecule has 2 N–H and O–H groups in total. The van der Waals surface area contributed by atoms with Crippen molar-refractivity contribution in [1.29, 1.82) is 0 Å². The van der Waals surface area contributed by atoms with Crippen LogP contribution in [0.2, 0.25) is 0 Å². The predicted molar refractivity (Wildman–Crippen MR) is 83.9 cm³/mol. The molecule has 8 heteroatoms. The minimum Gasteiger partial charge on any atom is -0.478 e. The number of imidazole rings is 1. The number of amides is 1. The molecule has 2 aromatic rings. The van der Waals surface area contributed by atoms with E-state index in [4.69, 9.17) is 4.74 Å². The Morgan fingerprint density at radius 3 is 3.09 bits per heavy atom. The summed E-state index contributed by atoms with van der Waals surface area (Å²) in [6.07, 6.45) is 6.17. The van der Waals surface area contributed by atoms with Crippen LogP contribution in [-0.4, -0.2) is 38.1 Å². The Morgan fingerprint density at radius 1 is 1.48 bits per heavy atom. The second-order valence-corrected chi connectivity index (χ2v) is 5.44. The number of hydrogen-bond acceptors (Lipinski definition) is 6. The molecule has 2 atom stereocenters. The fourth-order valence-electron chi connectivity index (χ4n) is 2.74. The van der Waals surface area contributed by atoms with Crippen LogP contribution in [0.4, 0.5) is 5.82 Å². The van der Waals surface area contributed by atoms with Gasteiger partial charge in [-0.1, -0.05) is 0 Å². The lowest BCUT2D eigenvalue weighted by atomic mass is 9.95. The molecule has 8 nitrogen and oxygen atoms in total. The topological polar surface area (TPSA) is 94.0 Å². The molecule has 1 aliphatic rings. The molecule has 0 spiro atoms. The first kappa shape index (κ1) is 15.3. The van der Waals surface area contributed by atoms with Gasteiger partial charge in [0.2, 0.25) is 11.8 Å². The lowest BCUT2D eigenvalue weighted by Gasteiger charge is -2.33. The Morgan fingerprint density at radius 2 is 2.35 bits per heavy atom. The molecule has 0 saturated carbocycles. The standard InChI is InChI=1S/C15H20N6O2/c1-3-23-14-6-12(17-8-18-14)19-10-4-5-13(22)20-15(10)11-7-16-9-21(11)2/h6-10,15H,3-5H2,1-2H3,(H,20,22)(H,17,18,19)/t10-,15-/m1/s1. The predicted octanol–water partition coefficient (Wildman–Crippen LogP) is 1.04. The van der Waals surface area contributed by atoms with Gasteiger partial charge >= 0.3 is 0 Å². The molecular formula is C15H20N6O2. The third-order valence-electron chi connectivity index (χ3n) is 3.84.